The second-order valence-electron chi connectivity index (χ2n) is 4.34. The van der Waals surface area contributed by atoms with Gasteiger partial charge in [0.05, 0.1) is 5.69 Å². The third kappa shape index (κ3) is 1.74. The van der Waals surface area contributed by atoms with Crippen LogP contribution < -0.4 is 0 Å². The lowest BCUT2D eigenvalue weighted by atomic mass is 9.99. The standard InChI is InChI=1S/C12H16N2O/c1-8(2)12-10(7-14(3)13-12)9-5-4-6-11(9)15/h5,7-8H,4,6H2,1-3H3. The lowest BCUT2D eigenvalue weighted by Gasteiger charge is -2.04. The molecule has 3 heteroatoms. The van der Waals surface area contributed by atoms with Crippen molar-refractivity contribution in [2.24, 2.45) is 7.05 Å². The number of hydrogen-bond acceptors (Lipinski definition) is 2. The first-order chi connectivity index (χ1) is 7.09. The zero-order valence-electron chi connectivity index (χ0n) is 9.45. The highest BCUT2D eigenvalue weighted by molar-refractivity contribution is 6.22. The summed E-state index contributed by atoms with van der Waals surface area (Å²) in [4.78, 5) is 11.7. The number of ketones is 1. The van der Waals surface area contributed by atoms with E-state index in [4.69, 9.17) is 0 Å². The first-order valence-corrected chi connectivity index (χ1v) is 5.37. The Morgan fingerprint density at radius 1 is 1.47 bits per heavy atom. The average molecular weight is 204 g/mol. The summed E-state index contributed by atoms with van der Waals surface area (Å²) >= 11 is 0. The largest absolute Gasteiger partial charge is 0.294 e. The number of carbonyl (C=O) groups is 1. The zero-order valence-corrected chi connectivity index (χ0v) is 9.45. The number of Topliss-reactive ketones (excluding diaryl/α,β-unsaturated/α-hetero) is 1. The average Bonchev–Trinajstić information content (AvgIpc) is 2.71. The molecular formula is C12H16N2O. The predicted molar refractivity (Wildman–Crippen MR) is 59.5 cm³/mol. The van der Waals surface area contributed by atoms with Gasteiger partial charge in [0.2, 0.25) is 0 Å². The van der Waals surface area contributed by atoms with E-state index in [1.54, 1.807) is 4.68 Å². The summed E-state index contributed by atoms with van der Waals surface area (Å²) in [5, 5.41) is 4.41. The summed E-state index contributed by atoms with van der Waals surface area (Å²) < 4.78 is 1.79. The van der Waals surface area contributed by atoms with Gasteiger partial charge in [-0.05, 0) is 12.3 Å². The summed E-state index contributed by atoms with van der Waals surface area (Å²) in [7, 11) is 1.90. The smallest absolute Gasteiger partial charge is 0.163 e. The van der Waals surface area contributed by atoms with Gasteiger partial charge in [-0.3, -0.25) is 9.48 Å². The number of rotatable bonds is 2. The van der Waals surface area contributed by atoms with Crippen LogP contribution in [0.15, 0.2) is 12.3 Å². The highest BCUT2D eigenvalue weighted by Crippen LogP contribution is 2.29. The molecule has 3 nitrogen and oxygen atoms in total. The predicted octanol–water partition coefficient (Wildman–Crippen LogP) is 2.29. The lowest BCUT2D eigenvalue weighted by Crippen LogP contribution is -1.99. The van der Waals surface area contributed by atoms with Crippen LogP contribution in [-0.4, -0.2) is 15.6 Å². The fraction of sp³-hybridized carbons (Fsp3) is 0.500. The van der Waals surface area contributed by atoms with Crippen molar-refractivity contribution in [1.82, 2.24) is 9.78 Å². The third-order valence-electron chi connectivity index (χ3n) is 2.71. The number of carbonyl (C=O) groups excluding carboxylic acids is 1. The monoisotopic (exact) mass is 204 g/mol. The van der Waals surface area contributed by atoms with Crippen LogP contribution in [-0.2, 0) is 11.8 Å². The van der Waals surface area contributed by atoms with Crippen LogP contribution in [0.4, 0.5) is 0 Å². The maximum atomic E-state index is 11.7. The van der Waals surface area contributed by atoms with Crippen molar-refractivity contribution in [2.75, 3.05) is 0 Å². The number of aromatic nitrogens is 2. The van der Waals surface area contributed by atoms with Crippen molar-refractivity contribution in [3.8, 4) is 0 Å². The van der Waals surface area contributed by atoms with Crippen LogP contribution in [0.25, 0.3) is 5.57 Å². The molecule has 1 aliphatic rings. The van der Waals surface area contributed by atoms with E-state index >= 15 is 0 Å². The second-order valence-corrected chi connectivity index (χ2v) is 4.34. The van der Waals surface area contributed by atoms with Gasteiger partial charge < -0.3 is 0 Å². The van der Waals surface area contributed by atoms with Crippen molar-refractivity contribution >= 4 is 11.4 Å². The summed E-state index contributed by atoms with van der Waals surface area (Å²) in [5.41, 5.74) is 2.92. The van der Waals surface area contributed by atoms with Crippen LogP contribution in [0.2, 0.25) is 0 Å². The maximum absolute atomic E-state index is 11.7. The molecule has 1 aromatic rings. The zero-order chi connectivity index (χ0) is 11.0. The van der Waals surface area contributed by atoms with Gasteiger partial charge in [0, 0.05) is 30.8 Å². The fourth-order valence-corrected chi connectivity index (χ4v) is 2.00. The second kappa shape index (κ2) is 3.65. The van der Waals surface area contributed by atoms with Gasteiger partial charge in [-0.15, -0.1) is 0 Å². The first-order valence-electron chi connectivity index (χ1n) is 5.37. The maximum Gasteiger partial charge on any atom is 0.163 e. The van der Waals surface area contributed by atoms with Gasteiger partial charge >= 0.3 is 0 Å². The van der Waals surface area contributed by atoms with E-state index in [2.05, 4.69) is 18.9 Å². The van der Waals surface area contributed by atoms with Crippen LogP contribution >= 0.6 is 0 Å². The summed E-state index contributed by atoms with van der Waals surface area (Å²) in [6.07, 6.45) is 5.51. The molecule has 0 radical (unpaired) electrons. The number of nitrogens with zero attached hydrogens (tertiary/aromatic N) is 2. The molecule has 80 valence electrons. The molecule has 2 rings (SSSR count). The third-order valence-corrected chi connectivity index (χ3v) is 2.71. The fourth-order valence-electron chi connectivity index (χ4n) is 2.00. The highest BCUT2D eigenvalue weighted by Gasteiger charge is 2.22. The Morgan fingerprint density at radius 3 is 2.73 bits per heavy atom. The first kappa shape index (κ1) is 10.1. The Bertz CT molecular complexity index is 427. The molecule has 1 heterocycles. The summed E-state index contributed by atoms with van der Waals surface area (Å²) in [6.45, 7) is 4.21. The molecule has 0 aliphatic heterocycles. The molecule has 0 atom stereocenters. The SMILES string of the molecule is CC(C)c1nn(C)cc1C1=CCCC1=O. The minimum absolute atomic E-state index is 0.255. The molecule has 0 fully saturated rings. The van der Waals surface area contributed by atoms with Crippen molar-refractivity contribution in [3.63, 3.8) is 0 Å². The van der Waals surface area contributed by atoms with Gasteiger partial charge in [0.15, 0.2) is 5.78 Å². The molecule has 1 aromatic heterocycles. The van der Waals surface area contributed by atoms with E-state index in [0.717, 1.165) is 23.3 Å². The molecule has 0 saturated carbocycles. The normalized spacial score (nSPS) is 16.3. The van der Waals surface area contributed by atoms with Crippen molar-refractivity contribution in [1.29, 1.82) is 0 Å². The molecule has 0 unspecified atom stereocenters. The number of aryl methyl sites for hydroxylation is 1. The number of allylic oxidation sites excluding steroid dienone is 2. The van der Waals surface area contributed by atoms with Gasteiger partial charge in [-0.25, -0.2) is 0 Å². The van der Waals surface area contributed by atoms with Crippen molar-refractivity contribution < 1.29 is 4.79 Å². The number of hydrogen-bond donors (Lipinski definition) is 0. The van der Waals surface area contributed by atoms with E-state index in [1.807, 2.05) is 19.3 Å². The molecule has 0 bridgehead atoms. The molecule has 0 saturated heterocycles. The lowest BCUT2D eigenvalue weighted by molar-refractivity contribution is -0.113. The Morgan fingerprint density at radius 2 is 2.20 bits per heavy atom. The van der Waals surface area contributed by atoms with E-state index in [9.17, 15) is 4.79 Å². The summed E-state index contributed by atoms with van der Waals surface area (Å²) in [6, 6.07) is 0. The van der Waals surface area contributed by atoms with E-state index < -0.39 is 0 Å². The van der Waals surface area contributed by atoms with Crippen molar-refractivity contribution in [2.45, 2.75) is 32.6 Å². The van der Waals surface area contributed by atoms with Crippen molar-refractivity contribution in [3.05, 3.63) is 23.5 Å². The van der Waals surface area contributed by atoms with Gasteiger partial charge in [-0.2, -0.15) is 5.10 Å². The van der Waals surface area contributed by atoms with E-state index in [-0.39, 0.29) is 5.78 Å². The summed E-state index contributed by atoms with van der Waals surface area (Å²) in [5.74, 6) is 0.611. The quantitative estimate of drug-likeness (QED) is 0.740. The Kier molecular flexibility index (Phi) is 2.47. The van der Waals surface area contributed by atoms with Crippen LogP contribution in [0.5, 0.6) is 0 Å². The minimum atomic E-state index is 0.255. The molecule has 15 heavy (non-hydrogen) atoms. The Labute approximate surface area is 89.8 Å². The molecule has 0 N–H and O–H groups in total. The Hall–Kier alpha value is -1.38. The molecule has 0 aromatic carbocycles. The van der Waals surface area contributed by atoms with Crippen LogP contribution in [0, 0.1) is 0 Å². The van der Waals surface area contributed by atoms with Crippen LogP contribution in [0.3, 0.4) is 0 Å². The van der Waals surface area contributed by atoms with E-state index in [0.29, 0.717) is 12.3 Å². The molecule has 1 aliphatic carbocycles. The Balaban J connectivity index is 2.47. The van der Waals surface area contributed by atoms with Crippen LogP contribution in [0.1, 0.15) is 43.9 Å². The van der Waals surface area contributed by atoms with Gasteiger partial charge in [-0.1, -0.05) is 19.9 Å². The van der Waals surface area contributed by atoms with E-state index in [1.165, 1.54) is 0 Å². The molecular weight excluding hydrogens is 188 g/mol. The topological polar surface area (TPSA) is 34.9 Å². The van der Waals surface area contributed by atoms with Gasteiger partial charge in [0.25, 0.3) is 0 Å². The highest BCUT2D eigenvalue weighted by atomic mass is 16.1. The minimum Gasteiger partial charge on any atom is -0.294 e. The molecule has 0 spiro atoms. The van der Waals surface area contributed by atoms with Gasteiger partial charge in [0.1, 0.15) is 0 Å². The molecule has 0 amide bonds.